The molecule has 6 heteroatoms. The third kappa shape index (κ3) is 4.84. The van der Waals surface area contributed by atoms with Gasteiger partial charge >= 0.3 is 0 Å². The second-order valence-electron chi connectivity index (χ2n) is 4.41. The second kappa shape index (κ2) is 6.60. The molecule has 0 saturated carbocycles. The van der Waals surface area contributed by atoms with Gasteiger partial charge in [-0.15, -0.1) is 0 Å². The molecule has 0 unspecified atom stereocenters. The third-order valence-corrected chi connectivity index (χ3v) is 4.52. The Balaban J connectivity index is 2.14. The smallest absolute Gasteiger partial charge is 0.175 e. The Bertz CT molecular complexity index is 769. The summed E-state index contributed by atoms with van der Waals surface area (Å²) in [7, 11) is -3.43. The number of benzene rings is 2. The molecule has 2 nitrogen and oxygen atoms in total. The van der Waals surface area contributed by atoms with Crippen molar-refractivity contribution in [3.05, 3.63) is 74.9 Å². The maximum Gasteiger partial charge on any atom is 0.175 e. The van der Waals surface area contributed by atoms with Gasteiger partial charge in [0.25, 0.3) is 0 Å². The Morgan fingerprint density at radius 2 is 1.71 bits per heavy atom. The van der Waals surface area contributed by atoms with Crippen molar-refractivity contribution in [2.45, 2.75) is 5.75 Å². The molecule has 2 rings (SSSR count). The van der Waals surface area contributed by atoms with Crippen molar-refractivity contribution in [3.8, 4) is 0 Å². The zero-order chi connectivity index (χ0) is 15.5. The molecule has 2 aromatic carbocycles. The highest BCUT2D eigenvalue weighted by molar-refractivity contribution is 7.93. The summed E-state index contributed by atoms with van der Waals surface area (Å²) in [5.41, 5.74) is 1.15. The Labute approximate surface area is 132 Å². The van der Waals surface area contributed by atoms with Crippen molar-refractivity contribution in [1.82, 2.24) is 0 Å². The van der Waals surface area contributed by atoms with E-state index in [0.29, 0.717) is 16.1 Å². The summed E-state index contributed by atoms with van der Waals surface area (Å²) in [6.07, 6.45) is 1.39. The predicted octanol–water partition coefficient (Wildman–Crippen LogP) is 4.72. The van der Waals surface area contributed by atoms with Gasteiger partial charge < -0.3 is 0 Å². The minimum Gasteiger partial charge on any atom is -0.224 e. The first-order chi connectivity index (χ1) is 9.85. The van der Waals surface area contributed by atoms with E-state index in [2.05, 4.69) is 0 Å². The van der Waals surface area contributed by atoms with E-state index >= 15 is 0 Å². The van der Waals surface area contributed by atoms with Crippen molar-refractivity contribution in [2.24, 2.45) is 0 Å². The van der Waals surface area contributed by atoms with E-state index in [-0.39, 0.29) is 10.8 Å². The van der Waals surface area contributed by atoms with Gasteiger partial charge in [0.05, 0.1) is 10.8 Å². The van der Waals surface area contributed by atoms with Gasteiger partial charge in [0.2, 0.25) is 0 Å². The van der Waals surface area contributed by atoms with Crippen LogP contribution in [0.2, 0.25) is 10.0 Å². The molecule has 0 heterocycles. The number of sulfone groups is 1. The lowest BCUT2D eigenvalue weighted by molar-refractivity contribution is 0.604. The van der Waals surface area contributed by atoms with Crippen molar-refractivity contribution in [1.29, 1.82) is 0 Å². The number of rotatable bonds is 4. The fourth-order valence-corrected chi connectivity index (χ4v) is 3.09. The average Bonchev–Trinajstić information content (AvgIpc) is 2.43. The van der Waals surface area contributed by atoms with Crippen LogP contribution in [-0.2, 0) is 15.6 Å². The lowest BCUT2D eigenvalue weighted by Gasteiger charge is -2.01. The first kappa shape index (κ1) is 16.0. The highest BCUT2D eigenvalue weighted by atomic mass is 35.5. The minimum atomic E-state index is -3.43. The van der Waals surface area contributed by atoms with Crippen LogP contribution in [0.5, 0.6) is 0 Å². The highest BCUT2D eigenvalue weighted by Crippen LogP contribution is 2.18. The predicted molar refractivity (Wildman–Crippen MR) is 84.5 cm³/mol. The molecule has 0 aromatic heterocycles. The van der Waals surface area contributed by atoms with Gasteiger partial charge in [0.1, 0.15) is 5.82 Å². The largest absolute Gasteiger partial charge is 0.224 e. The SMILES string of the molecule is O=S(=O)(C=Cc1ccc(F)c(Cl)c1)Cc1ccc(Cl)cc1. The van der Waals surface area contributed by atoms with Gasteiger partial charge in [-0.3, -0.25) is 0 Å². The summed E-state index contributed by atoms with van der Waals surface area (Å²) in [6, 6.07) is 10.6. The molecule has 0 bridgehead atoms. The maximum atomic E-state index is 13.0. The van der Waals surface area contributed by atoms with Gasteiger partial charge in [0.15, 0.2) is 9.84 Å². The Morgan fingerprint density at radius 3 is 2.33 bits per heavy atom. The molecule has 0 fully saturated rings. The van der Waals surface area contributed by atoms with E-state index in [4.69, 9.17) is 23.2 Å². The van der Waals surface area contributed by atoms with Crippen LogP contribution in [0, 0.1) is 5.82 Å². The molecule has 0 aliphatic carbocycles. The van der Waals surface area contributed by atoms with Gasteiger partial charge in [-0.1, -0.05) is 41.4 Å². The summed E-state index contributed by atoms with van der Waals surface area (Å²) >= 11 is 11.4. The van der Waals surface area contributed by atoms with Crippen molar-refractivity contribution < 1.29 is 12.8 Å². The van der Waals surface area contributed by atoms with Crippen LogP contribution < -0.4 is 0 Å². The topological polar surface area (TPSA) is 34.1 Å². The Hall–Kier alpha value is -1.36. The molecule has 0 spiro atoms. The summed E-state index contributed by atoms with van der Waals surface area (Å²) in [4.78, 5) is 0. The van der Waals surface area contributed by atoms with Crippen LogP contribution >= 0.6 is 23.2 Å². The van der Waals surface area contributed by atoms with E-state index in [0.717, 1.165) is 5.41 Å². The lowest BCUT2D eigenvalue weighted by Crippen LogP contribution is -1.99. The summed E-state index contributed by atoms with van der Waals surface area (Å²) < 4.78 is 37.0. The van der Waals surface area contributed by atoms with Crippen LogP contribution in [0.15, 0.2) is 47.9 Å². The van der Waals surface area contributed by atoms with Crippen LogP contribution in [0.4, 0.5) is 4.39 Å². The summed E-state index contributed by atoms with van der Waals surface area (Å²) in [5.74, 6) is -0.673. The number of hydrogen-bond donors (Lipinski definition) is 0. The number of hydrogen-bond acceptors (Lipinski definition) is 2. The van der Waals surface area contributed by atoms with E-state index in [9.17, 15) is 12.8 Å². The molecular weight excluding hydrogens is 334 g/mol. The molecular formula is C15H11Cl2FO2S. The lowest BCUT2D eigenvalue weighted by atomic mass is 10.2. The first-order valence-corrected chi connectivity index (χ1v) is 8.43. The average molecular weight is 345 g/mol. The zero-order valence-electron chi connectivity index (χ0n) is 10.8. The van der Waals surface area contributed by atoms with Crippen molar-refractivity contribution in [2.75, 3.05) is 0 Å². The van der Waals surface area contributed by atoms with Gasteiger partial charge in [0, 0.05) is 10.4 Å². The molecule has 21 heavy (non-hydrogen) atoms. The molecule has 0 amide bonds. The fraction of sp³-hybridized carbons (Fsp3) is 0.0667. The molecule has 0 atom stereocenters. The van der Waals surface area contributed by atoms with Crippen molar-refractivity contribution >= 4 is 39.1 Å². The Morgan fingerprint density at radius 1 is 1.05 bits per heavy atom. The summed E-state index contributed by atoms with van der Waals surface area (Å²) in [5, 5.41) is 1.59. The minimum absolute atomic E-state index is 0.0488. The third-order valence-electron chi connectivity index (χ3n) is 2.69. The molecule has 0 saturated heterocycles. The van der Waals surface area contributed by atoms with Gasteiger partial charge in [-0.05, 0) is 41.5 Å². The van der Waals surface area contributed by atoms with Crippen LogP contribution in [0.3, 0.4) is 0 Å². The quantitative estimate of drug-likeness (QED) is 0.804. The fourth-order valence-electron chi connectivity index (χ4n) is 1.66. The van der Waals surface area contributed by atoms with E-state index < -0.39 is 15.7 Å². The van der Waals surface area contributed by atoms with E-state index in [1.54, 1.807) is 24.3 Å². The highest BCUT2D eigenvalue weighted by Gasteiger charge is 2.08. The standard InChI is InChI=1S/C15H11Cl2FO2S/c16-13-4-1-12(2-5-13)10-21(19,20)8-7-11-3-6-15(18)14(17)9-11/h1-9H,10H2. The monoisotopic (exact) mass is 344 g/mol. The molecule has 0 radical (unpaired) electrons. The zero-order valence-corrected chi connectivity index (χ0v) is 13.1. The van der Waals surface area contributed by atoms with Crippen LogP contribution in [0.1, 0.15) is 11.1 Å². The second-order valence-corrected chi connectivity index (χ2v) is 7.14. The van der Waals surface area contributed by atoms with E-state index in [1.807, 2.05) is 0 Å². The normalized spacial score (nSPS) is 12.0. The molecule has 0 aliphatic heterocycles. The Kier molecular flexibility index (Phi) is 5.04. The molecule has 0 N–H and O–H groups in total. The molecule has 110 valence electrons. The van der Waals surface area contributed by atoms with Crippen molar-refractivity contribution in [3.63, 3.8) is 0 Å². The van der Waals surface area contributed by atoms with E-state index in [1.165, 1.54) is 24.3 Å². The van der Waals surface area contributed by atoms with Crippen LogP contribution in [-0.4, -0.2) is 8.42 Å². The number of halogens is 3. The first-order valence-electron chi connectivity index (χ1n) is 5.96. The van der Waals surface area contributed by atoms with Gasteiger partial charge in [-0.2, -0.15) is 0 Å². The molecule has 0 aliphatic rings. The van der Waals surface area contributed by atoms with Gasteiger partial charge in [-0.25, -0.2) is 12.8 Å². The maximum absolute atomic E-state index is 13.0. The molecule has 2 aromatic rings. The summed E-state index contributed by atoms with van der Waals surface area (Å²) in [6.45, 7) is 0. The van der Waals surface area contributed by atoms with Crippen LogP contribution in [0.25, 0.3) is 6.08 Å².